The van der Waals surface area contributed by atoms with Gasteiger partial charge in [-0.25, -0.2) is 0 Å². The van der Waals surface area contributed by atoms with Crippen LogP contribution in [0, 0.1) is 0 Å². The Morgan fingerprint density at radius 1 is 1.42 bits per heavy atom. The molecule has 4 nitrogen and oxygen atoms in total. The second-order valence-electron chi connectivity index (χ2n) is 5.69. The molecular formula is C15H30N2O2. The first-order valence-electron chi connectivity index (χ1n) is 7.65. The predicted molar refractivity (Wildman–Crippen MR) is 78.2 cm³/mol. The molecule has 0 aromatic carbocycles. The fourth-order valence-corrected chi connectivity index (χ4v) is 2.61. The fraction of sp³-hybridized carbons (Fsp3) is 0.933. The molecule has 112 valence electrons. The molecule has 2 atom stereocenters. The third-order valence-corrected chi connectivity index (χ3v) is 4.21. The smallest absolute Gasteiger partial charge is 0.254 e. The van der Waals surface area contributed by atoms with Crippen LogP contribution in [0.15, 0.2) is 0 Å². The number of piperidine rings is 1. The minimum absolute atomic E-state index is 0.131. The van der Waals surface area contributed by atoms with Crippen LogP contribution in [0.3, 0.4) is 0 Å². The lowest BCUT2D eigenvalue weighted by atomic mass is 9.99. The first-order chi connectivity index (χ1) is 9.07. The van der Waals surface area contributed by atoms with Gasteiger partial charge in [-0.15, -0.1) is 0 Å². The molecule has 1 aliphatic rings. The molecule has 0 saturated carbocycles. The summed E-state index contributed by atoms with van der Waals surface area (Å²) in [5, 5.41) is 3.52. The number of hydrogen-bond donors (Lipinski definition) is 1. The summed E-state index contributed by atoms with van der Waals surface area (Å²) in [4.78, 5) is 14.6. The van der Waals surface area contributed by atoms with Gasteiger partial charge in [-0.05, 0) is 39.2 Å². The number of hydrogen-bond acceptors (Lipinski definition) is 3. The third kappa shape index (κ3) is 4.46. The second kappa shape index (κ2) is 7.85. The Kier molecular flexibility index (Phi) is 6.80. The van der Waals surface area contributed by atoms with E-state index < -0.39 is 5.60 Å². The van der Waals surface area contributed by atoms with E-state index in [4.69, 9.17) is 4.74 Å². The Labute approximate surface area is 117 Å². The fourth-order valence-electron chi connectivity index (χ4n) is 2.61. The summed E-state index contributed by atoms with van der Waals surface area (Å²) in [5.41, 5.74) is -0.677. The van der Waals surface area contributed by atoms with Crippen molar-refractivity contribution in [3.63, 3.8) is 0 Å². The van der Waals surface area contributed by atoms with Gasteiger partial charge in [-0.3, -0.25) is 4.79 Å². The van der Waals surface area contributed by atoms with Crippen LogP contribution in [0.25, 0.3) is 0 Å². The van der Waals surface area contributed by atoms with Crippen LogP contribution in [0.1, 0.15) is 52.9 Å². The number of methoxy groups -OCH3 is 1. The van der Waals surface area contributed by atoms with E-state index in [2.05, 4.69) is 12.2 Å². The monoisotopic (exact) mass is 270 g/mol. The Balaban J connectivity index is 2.66. The van der Waals surface area contributed by atoms with Crippen molar-refractivity contribution in [2.75, 3.05) is 26.7 Å². The summed E-state index contributed by atoms with van der Waals surface area (Å²) >= 11 is 0. The van der Waals surface area contributed by atoms with Crippen LogP contribution in [0.2, 0.25) is 0 Å². The van der Waals surface area contributed by atoms with Gasteiger partial charge in [0.1, 0.15) is 5.60 Å². The Hall–Kier alpha value is -0.610. The van der Waals surface area contributed by atoms with Crippen LogP contribution in [-0.4, -0.2) is 49.2 Å². The highest BCUT2D eigenvalue weighted by molar-refractivity contribution is 5.84. The average molecular weight is 270 g/mol. The molecule has 2 unspecified atom stereocenters. The van der Waals surface area contributed by atoms with Crippen molar-refractivity contribution in [1.29, 1.82) is 0 Å². The third-order valence-electron chi connectivity index (χ3n) is 4.21. The largest absolute Gasteiger partial charge is 0.369 e. The molecule has 1 amide bonds. The molecule has 4 heteroatoms. The lowest BCUT2D eigenvalue weighted by Crippen LogP contribution is -2.53. The Morgan fingerprint density at radius 3 is 2.63 bits per heavy atom. The molecule has 0 aromatic rings. The minimum atomic E-state index is -0.677. The zero-order valence-corrected chi connectivity index (χ0v) is 13.0. The molecule has 0 radical (unpaired) electrons. The van der Waals surface area contributed by atoms with E-state index in [9.17, 15) is 4.79 Å². The van der Waals surface area contributed by atoms with Crippen LogP contribution >= 0.6 is 0 Å². The topological polar surface area (TPSA) is 41.6 Å². The summed E-state index contributed by atoms with van der Waals surface area (Å²) in [6.07, 6.45) is 5.38. The maximum Gasteiger partial charge on any atom is 0.254 e. The van der Waals surface area contributed by atoms with Crippen molar-refractivity contribution in [2.45, 2.75) is 64.5 Å². The minimum Gasteiger partial charge on any atom is -0.369 e. The van der Waals surface area contributed by atoms with Crippen molar-refractivity contribution in [3.8, 4) is 0 Å². The van der Waals surface area contributed by atoms with Gasteiger partial charge >= 0.3 is 0 Å². The molecule has 0 spiro atoms. The van der Waals surface area contributed by atoms with Crippen LogP contribution < -0.4 is 5.32 Å². The Morgan fingerprint density at radius 2 is 2.16 bits per heavy atom. The van der Waals surface area contributed by atoms with E-state index in [0.29, 0.717) is 12.5 Å². The number of nitrogens with one attached hydrogen (secondary N) is 1. The summed E-state index contributed by atoms with van der Waals surface area (Å²) in [7, 11) is 1.63. The van der Waals surface area contributed by atoms with Gasteiger partial charge in [0.05, 0.1) is 0 Å². The molecule has 1 aliphatic heterocycles. The van der Waals surface area contributed by atoms with Crippen molar-refractivity contribution < 1.29 is 9.53 Å². The van der Waals surface area contributed by atoms with Crippen molar-refractivity contribution >= 4 is 5.91 Å². The van der Waals surface area contributed by atoms with Gasteiger partial charge in [0, 0.05) is 26.2 Å². The predicted octanol–water partition coefficient (Wildman–Crippen LogP) is 2.18. The molecule has 1 fully saturated rings. The maximum atomic E-state index is 12.7. The molecule has 1 rings (SSSR count). The summed E-state index contributed by atoms with van der Waals surface area (Å²) < 4.78 is 5.45. The van der Waals surface area contributed by atoms with E-state index >= 15 is 0 Å². The number of ether oxygens (including phenoxy) is 1. The molecule has 0 bridgehead atoms. The number of carbonyl (C=O) groups is 1. The van der Waals surface area contributed by atoms with E-state index in [0.717, 1.165) is 26.1 Å². The number of amides is 1. The molecule has 1 N–H and O–H groups in total. The average Bonchev–Trinajstić information content (AvgIpc) is 2.46. The molecule has 1 heterocycles. The highest BCUT2D eigenvalue weighted by atomic mass is 16.5. The van der Waals surface area contributed by atoms with E-state index in [-0.39, 0.29) is 5.91 Å². The van der Waals surface area contributed by atoms with Crippen molar-refractivity contribution in [3.05, 3.63) is 0 Å². The second-order valence-corrected chi connectivity index (χ2v) is 5.69. The highest BCUT2D eigenvalue weighted by Gasteiger charge is 2.35. The molecule has 19 heavy (non-hydrogen) atoms. The lowest BCUT2D eigenvalue weighted by molar-refractivity contribution is -0.153. The normalized spacial score (nSPS) is 22.8. The molecule has 0 aromatic heterocycles. The van der Waals surface area contributed by atoms with Gasteiger partial charge in [0.15, 0.2) is 0 Å². The molecular weight excluding hydrogens is 240 g/mol. The maximum absolute atomic E-state index is 12.7. The number of rotatable bonds is 7. The van der Waals surface area contributed by atoms with Gasteiger partial charge < -0.3 is 15.0 Å². The zero-order chi connectivity index (χ0) is 14.3. The summed E-state index contributed by atoms with van der Waals surface area (Å²) in [6, 6.07) is 0.446. The first kappa shape index (κ1) is 16.4. The quantitative estimate of drug-likeness (QED) is 0.771. The van der Waals surface area contributed by atoms with E-state index in [1.807, 2.05) is 18.7 Å². The summed E-state index contributed by atoms with van der Waals surface area (Å²) in [6.45, 7) is 8.72. The first-order valence-corrected chi connectivity index (χ1v) is 7.65. The van der Waals surface area contributed by atoms with Crippen molar-refractivity contribution in [2.24, 2.45) is 0 Å². The van der Waals surface area contributed by atoms with E-state index in [1.54, 1.807) is 7.11 Å². The van der Waals surface area contributed by atoms with Gasteiger partial charge in [0.25, 0.3) is 5.91 Å². The molecule has 0 aliphatic carbocycles. The number of nitrogens with zero attached hydrogens (tertiary/aromatic N) is 1. The van der Waals surface area contributed by atoms with Gasteiger partial charge in [-0.1, -0.05) is 20.3 Å². The highest BCUT2D eigenvalue weighted by Crippen LogP contribution is 2.19. The SMILES string of the molecule is CCCN(CC1CCCCN1)C(=O)C(C)(CC)OC. The molecule has 1 saturated heterocycles. The number of carbonyl (C=O) groups excluding carboxylic acids is 1. The van der Waals surface area contributed by atoms with Crippen LogP contribution in [0.5, 0.6) is 0 Å². The van der Waals surface area contributed by atoms with Crippen molar-refractivity contribution in [1.82, 2.24) is 10.2 Å². The van der Waals surface area contributed by atoms with Gasteiger partial charge in [0.2, 0.25) is 0 Å². The zero-order valence-electron chi connectivity index (χ0n) is 13.0. The summed E-state index contributed by atoms with van der Waals surface area (Å²) in [5.74, 6) is 0.131. The van der Waals surface area contributed by atoms with Crippen LogP contribution in [-0.2, 0) is 9.53 Å². The standard InChI is InChI=1S/C15H30N2O2/c1-5-11-17(12-13-9-7-8-10-16-13)14(18)15(3,6-2)19-4/h13,16H,5-12H2,1-4H3. The van der Waals surface area contributed by atoms with E-state index in [1.165, 1.54) is 19.3 Å². The Bertz CT molecular complexity index is 271. The van der Waals surface area contributed by atoms with Gasteiger partial charge in [-0.2, -0.15) is 0 Å². The van der Waals surface area contributed by atoms with Crippen LogP contribution in [0.4, 0.5) is 0 Å². The lowest BCUT2D eigenvalue weighted by Gasteiger charge is -2.36.